The molecule has 0 fully saturated rings. The van der Waals surface area contributed by atoms with Crippen LogP contribution in [-0.2, 0) is 6.42 Å². The number of aromatic nitrogens is 1. The van der Waals surface area contributed by atoms with E-state index in [0.29, 0.717) is 12.5 Å². The minimum absolute atomic E-state index is 0.272. The molecule has 4 nitrogen and oxygen atoms in total. The summed E-state index contributed by atoms with van der Waals surface area (Å²) in [4.78, 5) is 3.27. The quantitative estimate of drug-likeness (QED) is 0.584. The Morgan fingerprint density at radius 3 is 3.06 bits per heavy atom. The Bertz CT molecular complexity index is 450. The van der Waals surface area contributed by atoms with Crippen LogP contribution in [0.2, 0.25) is 0 Å². The fraction of sp³-hybridized carbons (Fsp3) is 0.538. The molecule has 2 aliphatic heterocycles. The van der Waals surface area contributed by atoms with E-state index in [4.69, 9.17) is 0 Å². The highest BCUT2D eigenvalue weighted by Crippen LogP contribution is 2.30. The summed E-state index contributed by atoms with van der Waals surface area (Å²) in [6.07, 6.45) is 4.86. The summed E-state index contributed by atoms with van der Waals surface area (Å²) in [5, 5.41) is 16.4. The maximum absolute atomic E-state index is 9.74. The SMILES string of the molecule is C[C@@H]1C=C(c2c[nH]c3c2CC(O)CN3)CNC1. The molecule has 0 saturated carbocycles. The second-order valence-electron chi connectivity index (χ2n) is 5.09. The van der Waals surface area contributed by atoms with E-state index in [9.17, 15) is 5.11 Å². The van der Waals surface area contributed by atoms with Crippen LogP contribution in [0.25, 0.3) is 5.57 Å². The lowest BCUT2D eigenvalue weighted by atomic mass is 9.93. The summed E-state index contributed by atoms with van der Waals surface area (Å²) in [5.74, 6) is 1.65. The molecule has 0 aliphatic carbocycles. The third-order valence-corrected chi connectivity index (χ3v) is 3.56. The fourth-order valence-corrected chi connectivity index (χ4v) is 2.72. The number of aliphatic hydroxyl groups excluding tert-OH is 1. The molecule has 92 valence electrons. The number of aromatic amines is 1. The zero-order chi connectivity index (χ0) is 11.8. The van der Waals surface area contributed by atoms with Crippen molar-refractivity contribution in [2.24, 2.45) is 5.92 Å². The maximum Gasteiger partial charge on any atom is 0.107 e. The molecule has 0 amide bonds. The van der Waals surface area contributed by atoms with Gasteiger partial charge in [-0.2, -0.15) is 0 Å². The summed E-state index contributed by atoms with van der Waals surface area (Å²) in [5.41, 5.74) is 3.83. The highest BCUT2D eigenvalue weighted by Gasteiger charge is 2.23. The van der Waals surface area contributed by atoms with Crippen molar-refractivity contribution in [1.82, 2.24) is 10.3 Å². The Hall–Kier alpha value is -1.26. The minimum atomic E-state index is -0.272. The summed E-state index contributed by atoms with van der Waals surface area (Å²) < 4.78 is 0. The van der Waals surface area contributed by atoms with Crippen LogP contribution in [0.5, 0.6) is 0 Å². The largest absolute Gasteiger partial charge is 0.391 e. The van der Waals surface area contributed by atoms with Gasteiger partial charge in [-0.15, -0.1) is 0 Å². The number of hydrogen-bond acceptors (Lipinski definition) is 3. The van der Waals surface area contributed by atoms with Gasteiger partial charge in [-0.1, -0.05) is 13.0 Å². The van der Waals surface area contributed by atoms with Crippen LogP contribution in [0, 0.1) is 5.92 Å². The molecule has 0 radical (unpaired) electrons. The summed E-state index contributed by atoms with van der Waals surface area (Å²) in [7, 11) is 0. The summed E-state index contributed by atoms with van der Waals surface area (Å²) >= 11 is 0. The zero-order valence-electron chi connectivity index (χ0n) is 10.1. The predicted octanol–water partition coefficient (Wildman–Crippen LogP) is 0.966. The molecular weight excluding hydrogens is 214 g/mol. The van der Waals surface area contributed by atoms with Crippen molar-refractivity contribution in [1.29, 1.82) is 0 Å². The Balaban J connectivity index is 1.96. The Morgan fingerprint density at radius 2 is 2.24 bits per heavy atom. The lowest BCUT2D eigenvalue weighted by molar-refractivity contribution is 0.184. The van der Waals surface area contributed by atoms with Gasteiger partial charge in [-0.3, -0.25) is 0 Å². The molecule has 1 unspecified atom stereocenters. The second kappa shape index (κ2) is 4.20. The third kappa shape index (κ3) is 1.98. The van der Waals surface area contributed by atoms with Crippen LogP contribution in [0.3, 0.4) is 0 Å². The van der Waals surface area contributed by atoms with E-state index in [2.05, 4.69) is 34.8 Å². The monoisotopic (exact) mass is 233 g/mol. The van der Waals surface area contributed by atoms with Crippen molar-refractivity contribution in [3.8, 4) is 0 Å². The highest BCUT2D eigenvalue weighted by atomic mass is 16.3. The van der Waals surface area contributed by atoms with E-state index in [0.717, 1.165) is 25.3 Å². The lowest BCUT2D eigenvalue weighted by Gasteiger charge is -2.23. The molecule has 0 bridgehead atoms. The van der Waals surface area contributed by atoms with E-state index in [-0.39, 0.29) is 6.10 Å². The Morgan fingerprint density at radius 1 is 1.35 bits per heavy atom. The molecule has 4 heteroatoms. The van der Waals surface area contributed by atoms with E-state index in [1.165, 1.54) is 16.7 Å². The number of nitrogens with one attached hydrogen (secondary N) is 3. The first-order chi connectivity index (χ1) is 8.24. The van der Waals surface area contributed by atoms with Gasteiger partial charge in [0.05, 0.1) is 6.10 Å². The normalized spacial score (nSPS) is 28.2. The van der Waals surface area contributed by atoms with Gasteiger partial charge in [-0.25, -0.2) is 0 Å². The predicted molar refractivity (Wildman–Crippen MR) is 69.0 cm³/mol. The van der Waals surface area contributed by atoms with Crippen LogP contribution >= 0.6 is 0 Å². The highest BCUT2D eigenvalue weighted by molar-refractivity contribution is 5.74. The lowest BCUT2D eigenvalue weighted by Crippen LogP contribution is -2.29. The zero-order valence-corrected chi connectivity index (χ0v) is 10.1. The van der Waals surface area contributed by atoms with Gasteiger partial charge in [0, 0.05) is 43.4 Å². The standard InChI is InChI=1S/C13H19N3O/c1-8-2-9(5-14-4-8)12-7-16-13-11(12)3-10(17)6-15-13/h2,7-8,10,14-17H,3-6H2,1H3/t8-,10?/m1/s1. The van der Waals surface area contributed by atoms with Crippen molar-refractivity contribution in [3.63, 3.8) is 0 Å². The molecule has 0 spiro atoms. The minimum Gasteiger partial charge on any atom is -0.391 e. The van der Waals surface area contributed by atoms with Gasteiger partial charge in [0.25, 0.3) is 0 Å². The molecule has 0 aromatic carbocycles. The molecule has 1 aromatic heterocycles. The van der Waals surface area contributed by atoms with Crippen LogP contribution in [0.4, 0.5) is 5.82 Å². The molecule has 3 heterocycles. The first-order valence-corrected chi connectivity index (χ1v) is 6.28. The molecule has 3 rings (SSSR count). The first kappa shape index (κ1) is 10.9. The van der Waals surface area contributed by atoms with Gasteiger partial charge in [0.1, 0.15) is 5.82 Å². The second-order valence-corrected chi connectivity index (χ2v) is 5.09. The van der Waals surface area contributed by atoms with Crippen molar-refractivity contribution < 1.29 is 5.11 Å². The van der Waals surface area contributed by atoms with Crippen LogP contribution in [-0.4, -0.2) is 35.8 Å². The fourth-order valence-electron chi connectivity index (χ4n) is 2.72. The van der Waals surface area contributed by atoms with Gasteiger partial charge >= 0.3 is 0 Å². The first-order valence-electron chi connectivity index (χ1n) is 6.28. The van der Waals surface area contributed by atoms with E-state index >= 15 is 0 Å². The smallest absolute Gasteiger partial charge is 0.107 e. The molecule has 2 aliphatic rings. The maximum atomic E-state index is 9.74. The Kier molecular flexibility index (Phi) is 2.68. The number of anilines is 1. The number of β-amino-alcohol motifs (C(OH)–C–C–N with tert-alkyl or cyclic N) is 1. The van der Waals surface area contributed by atoms with Crippen LogP contribution in [0.1, 0.15) is 18.1 Å². The summed E-state index contributed by atoms with van der Waals surface area (Å²) in [6.45, 7) is 4.83. The van der Waals surface area contributed by atoms with Crippen LogP contribution in [0.15, 0.2) is 12.3 Å². The average molecular weight is 233 g/mol. The van der Waals surface area contributed by atoms with Crippen LogP contribution < -0.4 is 10.6 Å². The Labute approximate surface area is 101 Å². The molecule has 1 aromatic rings. The van der Waals surface area contributed by atoms with E-state index < -0.39 is 0 Å². The number of fused-ring (bicyclic) bond motifs is 1. The number of hydrogen-bond donors (Lipinski definition) is 4. The molecular formula is C13H19N3O. The van der Waals surface area contributed by atoms with E-state index in [1.54, 1.807) is 0 Å². The third-order valence-electron chi connectivity index (χ3n) is 3.56. The molecule has 2 atom stereocenters. The molecule has 17 heavy (non-hydrogen) atoms. The molecule has 4 N–H and O–H groups in total. The van der Waals surface area contributed by atoms with Gasteiger partial charge < -0.3 is 20.7 Å². The summed E-state index contributed by atoms with van der Waals surface area (Å²) in [6, 6.07) is 0. The van der Waals surface area contributed by atoms with Gasteiger partial charge in [0.2, 0.25) is 0 Å². The van der Waals surface area contributed by atoms with Crippen molar-refractivity contribution in [3.05, 3.63) is 23.4 Å². The van der Waals surface area contributed by atoms with Crippen molar-refractivity contribution in [2.75, 3.05) is 25.0 Å². The van der Waals surface area contributed by atoms with Crippen molar-refractivity contribution in [2.45, 2.75) is 19.4 Å². The average Bonchev–Trinajstić information content (AvgIpc) is 2.71. The number of rotatable bonds is 1. The topological polar surface area (TPSA) is 60.1 Å². The van der Waals surface area contributed by atoms with E-state index in [1.807, 2.05) is 0 Å². The van der Waals surface area contributed by atoms with Gasteiger partial charge in [0.15, 0.2) is 0 Å². The van der Waals surface area contributed by atoms with Gasteiger partial charge in [-0.05, 0) is 11.5 Å². The van der Waals surface area contributed by atoms with Crippen molar-refractivity contribution >= 4 is 11.4 Å². The number of H-pyrrole nitrogens is 1. The molecule has 0 saturated heterocycles. The number of aliphatic hydroxyl groups is 1.